The summed E-state index contributed by atoms with van der Waals surface area (Å²) in [6, 6.07) is 0. The fourth-order valence-corrected chi connectivity index (χ4v) is 1.02. The summed E-state index contributed by atoms with van der Waals surface area (Å²) in [7, 11) is 0. The Bertz CT molecular complexity index is 134. The number of alkyl halides is 1. The molecular weight excluding hydrogens is 172 g/mol. The topological polar surface area (TPSA) is 20.3 Å². The molecule has 1 aliphatic rings. The number of hydrogen-bond acceptors (Lipinski definition) is 1. The Labute approximate surface area is 109 Å². The summed E-state index contributed by atoms with van der Waals surface area (Å²) < 4.78 is 12.4. The van der Waals surface area contributed by atoms with E-state index in [2.05, 4.69) is 0 Å². The molecule has 4 heteroatoms. The number of amides is 1. The summed E-state index contributed by atoms with van der Waals surface area (Å²) in [4.78, 5) is 12.3. The van der Waals surface area contributed by atoms with Crippen LogP contribution in [0.15, 0.2) is 0 Å². The standard InChI is InChI=1S/C7H11FNO.K/c1-6(10)9-4-2-7(8)3-5-9;/h2,7H,3-5H2,1H3;/q-1;+1. The molecule has 1 rings (SSSR count). The summed E-state index contributed by atoms with van der Waals surface area (Å²) in [6.45, 7) is 2.54. The van der Waals surface area contributed by atoms with Crippen molar-refractivity contribution >= 4 is 5.91 Å². The van der Waals surface area contributed by atoms with E-state index in [4.69, 9.17) is 0 Å². The molecule has 1 atom stereocenters. The van der Waals surface area contributed by atoms with E-state index in [1.54, 1.807) is 4.90 Å². The second-order valence-corrected chi connectivity index (χ2v) is 2.51. The minimum Gasteiger partial charge on any atom is -0.373 e. The maximum atomic E-state index is 12.4. The van der Waals surface area contributed by atoms with Crippen LogP contribution in [0.25, 0.3) is 0 Å². The molecule has 0 aliphatic carbocycles. The van der Waals surface area contributed by atoms with Gasteiger partial charge in [-0.25, -0.2) is 0 Å². The zero-order chi connectivity index (χ0) is 7.56. The molecule has 0 aromatic heterocycles. The molecule has 0 bridgehead atoms. The molecule has 0 radical (unpaired) electrons. The molecule has 2 nitrogen and oxygen atoms in total. The van der Waals surface area contributed by atoms with Crippen LogP contribution in [0.1, 0.15) is 13.3 Å². The van der Waals surface area contributed by atoms with Crippen molar-refractivity contribution in [2.24, 2.45) is 0 Å². The average molecular weight is 183 g/mol. The molecular formula is C7H11FKNO. The molecule has 1 unspecified atom stereocenters. The number of piperidine rings is 1. The summed E-state index contributed by atoms with van der Waals surface area (Å²) in [5.41, 5.74) is 0. The molecule has 1 fully saturated rings. The predicted molar refractivity (Wildman–Crippen MR) is 36.1 cm³/mol. The molecule has 11 heavy (non-hydrogen) atoms. The van der Waals surface area contributed by atoms with Gasteiger partial charge >= 0.3 is 51.4 Å². The molecule has 1 aliphatic heterocycles. The Kier molecular flexibility index (Phi) is 6.17. The second-order valence-electron chi connectivity index (χ2n) is 2.51. The van der Waals surface area contributed by atoms with Crippen LogP contribution in [0.2, 0.25) is 0 Å². The number of carbonyl (C=O) groups is 1. The summed E-state index contributed by atoms with van der Waals surface area (Å²) in [5, 5.41) is 0. The monoisotopic (exact) mass is 183 g/mol. The van der Waals surface area contributed by atoms with Crippen LogP contribution < -0.4 is 51.4 Å². The van der Waals surface area contributed by atoms with Crippen molar-refractivity contribution in [1.29, 1.82) is 0 Å². The quantitative estimate of drug-likeness (QED) is 0.308. The van der Waals surface area contributed by atoms with E-state index in [0.29, 0.717) is 19.5 Å². The van der Waals surface area contributed by atoms with E-state index in [-0.39, 0.29) is 57.3 Å². The maximum absolute atomic E-state index is 12.4. The Morgan fingerprint density at radius 1 is 1.73 bits per heavy atom. The van der Waals surface area contributed by atoms with Crippen LogP contribution in [-0.2, 0) is 4.79 Å². The molecule has 0 saturated carbocycles. The predicted octanol–water partition coefficient (Wildman–Crippen LogP) is -2.22. The number of hydrogen-bond donors (Lipinski definition) is 0. The first-order valence-electron chi connectivity index (χ1n) is 3.43. The first-order valence-corrected chi connectivity index (χ1v) is 3.43. The molecule has 1 heterocycles. The molecule has 0 spiro atoms. The average Bonchev–Trinajstić information content (AvgIpc) is 1.88. The smallest absolute Gasteiger partial charge is 0.373 e. The third kappa shape index (κ3) is 3.99. The van der Waals surface area contributed by atoms with E-state index in [0.717, 1.165) is 0 Å². The van der Waals surface area contributed by atoms with E-state index in [1.165, 1.54) is 13.3 Å². The van der Waals surface area contributed by atoms with Crippen molar-refractivity contribution < 1.29 is 60.6 Å². The van der Waals surface area contributed by atoms with Crippen LogP contribution in [-0.4, -0.2) is 30.1 Å². The third-order valence-corrected chi connectivity index (χ3v) is 1.70. The zero-order valence-electron chi connectivity index (χ0n) is 7.01. The van der Waals surface area contributed by atoms with Gasteiger partial charge in [0.2, 0.25) is 5.91 Å². The number of carbonyl (C=O) groups excluding carboxylic acids is 1. The van der Waals surface area contributed by atoms with Crippen molar-refractivity contribution in [3.8, 4) is 0 Å². The molecule has 0 aromatic carbocycles. The number of nitrogens with zero attached hydrogens (tertiary/aromatic N) is 1. The van der Waals surface area contributed by atoms with E-state index in [1.807, 2.05) is 0 Å². The first kappa shape index (κ1) is 12.0. The van der Waals surface area contributed by atoms with Gasteiger partial charge in [0.25, 0.3) is 0 Å². The first-order chi connectivity index (χ1) is 4.70. The van der Waals surface area contributed by atoms with Crippen molar-refractivity contribution in [2.45, 2.75) is 19.5 Å². The Morgan fingerprint density at radius 3 is 2.73 bits per heavy atom. The van der Waals surface area contributed by atoms with Gasteiger partial charge in [0.05, 0.1) is 0 Å². The van der Waals surface area contributed by atoms with Gasteiger partial charge in [-0.1, -0.05) is 0 Å². The van der Waals surface area contributed by atoms with E-state index in [9.17, 15) is 9.18 Å². The fourth-order valence-electron chi connectivity index (χ4n) is 1.02. The molecule has 0 N–H and O–H groups in total. The second kappa shape index (κ2) is 5.64. The Morgan fingerprint density at radius 2 is 2.36 bits per heavy atom. The van der Waals surface area contributed by atoms with Gasteiger partial charge in [0.15, 0.2) is 0 Å². The van der Waals surface area contributed by atoms with E-state index < -0.39 is 6.17 Å². The minimum atomic E-state index is -0.810. The van der Waals surface area contributed by atoms with Gasteiger partial charge < -0.3 is 4.90 Å². The maximum Gasteiger partial charge on any atom is 1.00 e. The number of rotatable bonds is 0. The van der Waals surface area contributed by atoms with Gasteiger partial charge in [-0.2, -0.15) is 0 Å². The Hall–Kier alpha value is 1.04. The summed E-state index contributed by atoms with van der Waals surface area (Å²) >= 11 is 0. The number of halogens is 1. The molecule has 58 valence electrons. The number of likely N-dealkylation sites (tertiary alicyclic amines) is 1. The van der Waals surface area contributed by atoms with Gasteiger partial charge in [-0.15, -0.1) is 6.54 Å². The largest absolute Gasteiger partial charge is 1.00 e. The summed E-state index contributed by atoms with van der Waals surface area (Å²) in [5.74, 6) is 0.0307. The van der Waals surface area contributed by atoms with Crippen LogP contribution in [0, 0.1) is 6.42 Å². The van der Waals surface area contributed by atoms with Crippen LogP contribution in [0.5, 0.6) is 0 Å². The Balaban J connectivity index is 0.000001000. The normalized spacial score (nSPS) is 24.2. The SMILES string of the molecule is CC(=O)N1C[CH-]C(F)CC1.[K+]. The molecule has 1 saturated heterocycles. The summed E-state index contributed by atoms with van der Waals surface area (Å²) in [6.07, 6.45) is 1.18. The van der Waals surface area contributed by atoms with Crippen molar-refractivity contribution in [3.63, 3.8) is 0 Å². The molecule has 0 aromatic rings. The van der Waals surface area contributed by atoms with Gasteiger partial charge in [-0.05, 0) is 12.6 Å². The third-order valence-electron chi connectivity index (χ3n) is 1.70. The van der Waals surface area contributed by atoms with Crippen LogP contribution in [0.4, 0.5) is 4.39 Å². The van der Waals surface area contributed by atoms with Gasteiger partial charge in [0, 0.05) is 13.5 Å². The van der Waals surface area contributed by atoms with Crippen molar-refractivity contribution in [1.82, 2.24) is 4.90 Å². The molecule has 1 amide bonds. The van der Waals surface area contributed by atoms with Crippen molar-refractivity contribution in [2.75, 3.05) is 13.1 Å². The van der Waals surface area contributed by atoms with E-state index >= 15 is 0 Å². The van der Waals surface area contributed by atoms with Crippen LogP contribution in [0.3, 0.4) is 0 Å². The van der Waals surface area contributed by atoms with Crippen molar-refractivity contribution in [3.05, 3.63) is 6.42 Å². The minimum absolute atomic E-state index is 0. The zero-order valence-corrected chi connectivity index (χ0v) is 10.1. The van der Waals surface area contributed by atoms with Gasteiger partial charge in [0.1, 0.15) is 0 Å². The fraction of sp³-hybridized carbons (Fsp3) is 0.714. The van der Waals surface area contributed by atoms with Crippen LogP contribution >= 0.6 is 0 Å². The van der Waals surface area contributed by atoms with Gasteiger partial charge in [-0.3, -0.25) is 15.6 Å².